The smallest absolute Gasteiger partial charge is 0.238 e. The summed E-state index contributed by atoms with van der Waals surface area (Å²) < 4.78 is 0. The van der Waals surface area contributed by atoms with E-state index in [4.69, 9.17) is 23.8 Å². The number of carbonyl (C=O) groups excluding carboxylic acids is 3. The molecular formula is C17H22ClN5O3S. The third-order valence-corrected chi connectivity index (χ3v) is 4.52. The molecule has 0 spiro atoms. The molecule has 1 aromatic carbocycles. The van der Waals surface area contributed by atoms with E-state index >= 15 is 0 Å². The Labute approximate surface area is 168 Å². The van der Waals surface area contributed by atoms with Crippen LogP contribution in [0.2, 0.25) is 5.02 Å². The van der Waals surface area contributed by atoms with Gasteiger partial charge in [-0.15, -0.1) is 0 Å². The summed E-state index contributed by atoms with van der Waals surface area (Å²) in [5.74, 6) is -0.433. The van der Waals surface area contributed by atoms with E-state index in [9.17, 15) is 14.4 Å². The van der Waals surface area contributed by atoms with E-state index in [1.807, 2.05) is 0 Å². The van der Waals surface area contributed by atoms with Crippen LogP contribution in [0.5, 0.6) is 0 Å². The van der Waals surface area contributed by atoms with Gasteiger partial charge in [0.1, 0.15) is 0 Å². The topological polar surface area (TPSA) is 93.8 Å². The molecule has 10 heteroatoms. The number of amides is 3. The van der Waals surface area contributed by atoms with Crippen molar-refractivity contribution in [3.05, 3.63) is 29.3 Å². The molecule has 1 aromatic rings. The van der Waals surface area contributed by atoms with E-state index < -0.39 is 0 Å². The number of hydrogen-bond acceptors (Lipinski definition) is 4. The van der Waals surface area contributed by atoms with Crippen LogP contribution < -0.4 is 16.2 Å². The Morgan fingerprint density at radius 1 is 1.00 bits per heavy atom. The lowest BCUT2D eigenvalue weighted by atomic mass is 10.2. The largest absolute Gasteiger partial charge is 0.339 e. The summed E-state index contributed by atoms with van der Waals surface area (Å²) >= 11 is 10.9. The van der Waals surface area contributed by atoms with Crippen LogP contribution in [0.15, 0.2) is 24.3 Å². The SMILES string of the molecule is CC(=O)N1CCN(C(=O)CCC(=O)NNC(=S)Nc2ccc(Cl)cc2)CC1. The first-order valence-electron chi connectivity index (χ1n) is 8.50. The summed E-state index contributed by atoms with van der Waals surface area (Å²) in [5, 5.41) is 3.72. The summed E-state index contributed by atoms with van der Waals surface area (Å²) in [5.41, 5.74) is 5.77. The van der Waals surface area contributed by atoms with Gasteiger partial charge < -0.3 is 15.1 Å². The molecule has 1 aliphatic rings. The molecule has 2 rings (SSSR count). The maximum atomic E-state index is 12.2. The Balaban J connectivity index is 1.64. The quantitative estimate of drug-likeness (QED) is 0.508. The van der Waals surface area contributed by atoms with Crippen molar-refractivity contribution in [2.75, 3.05) is 31.5 Å². The molecule has 0 atom stereocenters. The van der Waals surface area contributed by atoms with Gasteiger partial charge in [-0.1, -0.05) is 11.6 Å². The van der Waals surface area contributed by atoms with E-state index in [-0.39, 0.29) is 35.7 Å². The molecule has 8 nitrogen and oxygen atoms in total. The number of hydrazine groups is 1. The molecule has 0 saturated carbocycles. The molecule has 3 N–H and O–H groups in total. The molecule has 1 saturated heterocycles. The number of hydrogen-bond donors (Lipinski definition) is 3. The molecule has 0 aliphatic carbocycles. The second kappa shape index (κ2) is 10.1. The monoisotopic (exact) mass is 411 g/mol. The molecule has 0 unspecified atom stereocenters. The van der Waals surface area contributed by atoms with Crippen LogP contribution in [0.1, 0.15) is 19.8 Å². The van der Waals surface area contributed by atoms with Gasteiger partial charge in [0.2, 0.25) is 17.7 Å². The number of benzene rings is 1. The van der Waals surface area contributed by atoms with E-state index in [0.717, 1.165) is 5.69 Å². The summed E-state index contributed by atoms with van der Waals surface area (Å²) in [6, 6.07) is 6.94. The zero-order chi connectivity index (χ0) is 19.8. The second-order valence-electron chi connectivity index (χ2n) is 6.02. The fourth-order valence-electron chi connectivity index (χ4n) is 2.53. The van der Waals surface area contributed by atoms with Crippen molar-refractivity contribution in [2.45, 2.75) is 19.8 Å². The minimum absolute atomic E-state index is 0.00993. The normalized spacial score (nSPS) is 13.7. The van der Waals surface area contributed by atoms with E-state index in [2.05, 4.69) is 16.2 Å². The Morgan fingerprint density at radius 2 is 1.59 bits per heavy atom. The third-order valence-electron chi connectivity index (χ3n) is 4.06. The second-order valence-corrected chi connectivity index (χ2v) is 6.87. The number of halogens is 1. The Kier molecular flexibility index (Phi) is 7.81. The van der Waals surface area contributed by atoms with Crippen LogP contribution in [0, 0.1) is 0 Å². The number of rotatable bonds is 4. The maximum absolute atomic E-state index is 12.2. The molecule has 0 aromatic heterocycles. The zero-order valence-electron chi connectivity index (χ0n) is 15.0. The zero-order valence-corrected chi connectivity index (χ0v) is 16.5. The fraction of sp³-hybridized carbons (Fsp3) is 0.412. The molecule has 1 aliphatic heterocycles. The van der Waals surface area contributed by atoms with Crippen molar-refractivity contribution in [3.8, 4) is 0 Å². The summed E-state index contributed by atoms with van der Waals surface area (Å²) in [7, 11) is 0. The summed E-state index contributed by atoms with van der Waals surface area (Å²) in [4.78, 5) is 38.7. The fourth-order valence-corrected chi connectivity index (χ4v) is 2.83. The number of thiocarbonyl (C=S) groups is 1. The highest BCUT2D eigenvalue weighted by Crippen LogP contribution is 2.13. The van der Waals surface area contributed by atoms with Crippen LogP contribution in [0.4, 0.5) is 5.69 Å². The first-order chi connectivity index (χ1) is 12.8. The van der Waals surface area contributed by atoms with Crippen LogP contribution >= 0.6 is 23.8 Å². The van der Waals surface area contributed by atoms with Crippen molar-refractivity contribution in [1.82, 2.24) is 20.7 Å². The predicted molar refractivity (Wildman–Crippen MR) is 107 cm³/mol. The molecule has 0 radical (unpaired) electrons. The van der Waals surface area contributed by atoms with Gasteiger partial charge in [-0.05, 0) is 36.5 Å². The van der Waals surface area contributed by atoms with Crippen LogP contribution in [0.25, 0.3) is 0 Å². The highest BCUT2D eigenvalue weighted by Gasteiger charge is 2.22. The maximum Gasteiger partial charge on any atom is 0.238 e. The Morgan fingerprint density at radius 3 is 2.19 bits per heavy atom. The number of carbonyl (C=O) groups is 3. The van der Waals surface area contributed by atoms with Crippen molar-refractivity contribution in [1.29, 1.82) is 0 Å². The lowest BCUT2D eigenvalue weighted by Gasteiger charge is -2.34. The lowest BCUT2D eigenvalue weighted by Crippen LogP contribution is -2.50. The molecule has 1 fully saturated rings. The summed E-state index contributed by atoms with van der Waals surface area (Å²) in [6.07, 6.45) is 0.146. The minimum Gasteiger partial charge on any atom is -0.339 e. The van der Waals surface area contributed by atoms with Crippen LogP contribution in [-0.4, -0.2) is 58.8 Å². The first-order valence-corrected chi connectivity index (χ1v) is 9.28. The number of nitrogens with one attached hydrogen (secondary N) is 3. The standard InChI is InChI=1S/C17H22ClN5O3S/c1-12(24)22-8-10-23(11-9-22)16(26)7-6-15(25)20-21-17(27)19-14-4-2-13(18)3-5-14/h2-5H,6-11H2,1H3,(H,20,25)(H2,19,21,27). The molecule has 3 amide bonds. The average Bonchev–Trinajstić information content (AvgIpc) is 2.66. The van der Waals surface area contributed by atoms with Gasteiger partial charge in [-0.25, -0.2) is 0 Å². The van der Waals surface area contributed by atoms with Crippen LogP contribution in [0.3, 0.4) is 0 Å². The highest BCUT2D eigenvalue weighted by molar-refractivity contribution is 7.80. The van der Waals surface area contributed by atoms with Crippen molar-refractivity contribution in [2.24, 2.45) is 0 Å². The number of nitrogens with zero attached hydrogens (tertiary/aromatic N) is 2. The summed E-state index contributed by atoms with van der Waals surface area (Å²) in [6.45, 7) is 3.56. The van der Waals surface area contributed by atoms with Crippen molar-refractivity contribution >= 4 is 52.3 Å². The Bertz CT molecular complexity index is 705. The van der Waals surface area contributed by atoms with Crippen LogP contribution in [-0.2, 0) is 14.4 Å². The van der Waals surface area contributed by atoms with Gasteiger partial charge in [-0.2, -0.15) is 0 Å². The first kappa shape index (κ1) is 20.9. The van der Waals surface area contributed by atoms with Gasteiger partial charge >= 0.3 is 0 Å². The Hall–Kier alpha value is -2.39. The highest BCUT2D eigenvalue weighted by atomic mass is 35.5. The van der Waals surface area contributed by atoms with Crippen molar-refractivity contribution < 1.29 is 14.4 Å². The number of piperazine rings is 1. The number of anilines is 1. The molecule has 1 heterocycles. The van der Waals surface area contributed by atoms with Gasteiger partial charge in [0.15, 0.2) is 5.11 Å². The lowest BCUT2D eigenvalue weighted by molar-refractivity contribution is -0.139. The van der Waals surface area contributed by atoms with E-state index in [1.54, 1.807) is 34.1 Å². The minimum atomic E-state index is -0.342. The van der Waals surface area contributed by atoms with E-state index in [1.165, 1.54) is 6.92 Å². The van der Waals surface area contributed by atoms with Gasteiger partial charge in [0.05, 0.1) is 0 Å². The third kappa shape index (κ3) is 7.03. The van der Waals surface area contributed by atoms with E-state index in [0.29, 0.717) is 31.2 Å². The van der Waals surface area contributed by atoms with Crippen molar-refractivity contribution in [3.63, 3.8) is 0 Å². The molecule has 27 heavy (non-hydrogen) atoms. The van der Waals surface area contributed by atoms with Gasteiger partial charge in [-0.3, -0.25) is 25.2 Å². The predicted octanol–water partition coefficient (Wildman–Crippen LogP) is 1.13. The molecular weight excluding hydrogens is 390 g/mol. The molecule has 146 valence electrons. The molecule has 0 bridgehead atoms. The van der Waals surface area contributed by atoms with Gasteiger partial charge in [0.25, 0.3) is 0 Å². The van der Waals surface area contributed by atoms with Gasteiger partial charge in [0, 0.05) is 56.7 Å². The average molecular weight is 412 g/mol.